The van der Waals surface area contributed by atoms with Gasteiger partial charge >= 0.3 is 6.18 Å². The molecule has 0 saturated heterocycles. The number of alkyl halides is 3. The standard InChI is InChI=1S/C33H32F4N4O6/c1-3-46-30-23(15-28(38)43)14-27(41-29(30)20-6-9-24(34)10-7-20)32(45,33(35,36)37)18-40-31(44)21-8-11-26(47-17-19(2)42)25(13-21)22-5-4-12-39-16-22/h4-14,16,19,42,45H,3,15,17-18H2,1-2H3,(H2,38,43)(H,40,44)/t19-,32+/m1/s1. The number of nitrogens with one attached hydrogen (secondary N) is 1. The average Bonchev–Trinajstić information content (AvgIpc) is 3.03. The second kappa shape index (κ2) is 14.6. The first-order valence-corrected chi connectivity index (χ1v) is 14.4. The number of ether oxygens (including phenoxy) is 2. The number of benzene rings is 2. The van der Waals surface area contributed by atoms with E-state index in [1.807, 2.05) is 0 Å². The van der Waals surface area contributed by atoms with E-state index in [4.69, 9.17) is 15.2 Å². The number of carbonyl (C=O) groups is 2. The highest BCUT2D eigenvalue weighted by Crippen LogP contribution is 2.42. The van der Waals surface area contributed by atoms with E-state index in [0.717, 1.165) is 18.2 Å². The molecule has 5 N–H and O–H groups in total. The molecule has 0 spiro atoms. The van der Waals surface area contributed by atoms with Gasteiger partial charge in [0.15, 0.2) is 0 Å². The molecule has 4 rings (SSSR count). The Hall–Kier alpha value is -5.08. The first-order valence-electron chi connectivity index (χ1n) is 14.4. The first-order chi connectivity index (χ1) is 22.2. The zero-order valence-electron chi connectivity index (χ0n) is 25.3. The largest absolute Gasteiger partial charge is 0.491 e. The minimum atomic E-state index is -5.38. The van der Waals surface area contributed by atoms with Crippen molar-refractivity contribution >= 4 is 11.8 Å². The molecule has 10 nitrogen and oxygen atoms in total. The quantitative estimate of drug-likeness (QED) is 0.155. The topological polar surface area (TPSA) is 157 Å². The molecule has 0 aliphatic rings. The number of nitrogens with two attached hydrogens (primary N) is 1. The Morgan fingerprint density at radius 2 is 1.77 bits per heavy atom. The molecule has 2 heterocycles. The van der Waals surface area contributed by atoms with Crippen LogP contribution < -0.4 is 20.5 Å². The number of amides is 2. The molecule has 47 heavy (non-hydrogen) atoms. The number of rotatable bonds is 13. The molecule has 0 saturated carbocycles. The van der Waals surface area contributed by atoms with Gasteiger partial charge < -0.3 is 30.7 Å². The highest BCUT2D eigenvalue weighted by molar-refractivity contribution is 5.96. The molecule has 0 aliphatic heterocycles. The van der Waals surface area contributed by atoms with Crippen molar-refractivity contribution in [2.75, 3.05) is 19.8 Å². The summed E-state index contributed by atoms with van der Waals surface area (Å²) >= 11 is 0. The fourth-order valence-corrected chi connectivity index (χ4v) is 4.63. The van der Waals surface area contributed by atoms with Crippen molar-refractivity contribution < 1.29 is 46.8 Å². The van der Waals surface area contributed by atoms with Gasteiger partial charge in [-0.05, 0) is 68.4 Å². The summed E-state index contributed by atoms with van der Waals surface area (Å²) in [6.07, 6.45) is -3.74. The Kier molecular flexibility index (Phi) is 10.8. The number of pyridine rings is 2. The van der Waals surface area contributed by atoms with Gasteiger partial charge in [-0.15, -0.1) is 0 Å². The minimum absolute atomic E-state index is 0.0322. The highest BCUT2D eigenvalue weighted by Gasteiger charge is 2.56. The molecule has 248 valence electrons. The Labute approximate surface area is 267 Å². The van der Waals surface area contributed by atoms with Gasteiger partial charge in [-0.2, -0.15) is 13.2 Å². The van der Waals surface area contributed by atoms with E-state index in [1.54, 1.807) is 19.1 Å². The van der Waals surface area contributed by atoms with Crippen LogP contribution in [0.2, 0.25) is 0 Å². The van der Waals surface area contributed by atoms with Gasteiger partial charge in [0, 0.05) is 40.2 Å². The molecule has 14 heteroatoms. The van der Waals surface area contributed by atoms with Gasteiger partial charge in [0.25, 0.3) is 5.91 Å². The molecule has 0 fully saturated rings. The number of carbonyl (C=O) groups excluding carboxylic acids is 2. The number of hydrogen-bond acceptors (Lipinski definition) is 8. The lowest BCUT2D eigenvalue weighted by Crippen LogP contribution is -2.51. The van der Waals surface area contributed by atoms with Crippen molar-refractivity contribution in [1.29, 1.82) is 0 Å². The molecular formula is C33H32F4N4O6. The lowest BCUT2D eigenvalue weighted by molar-refractivity contribution is -0.265. The van der Waals surface area contributed by atoms with E-state index < -0.39 is 54.2 Å². The molecule has 0 radical (unpaired) electrons. The van der Waals surface area contributed by atoms with Gasteiger partial charge in [-0.25, -0.2) is 9.37 Å². The van der Waals surface area contributed by atoms with Crippen LogP contribution in [0, 0.1) is 5.82 Å². The molecular weight excluding hydrogens is 624 g/mol. The summed E-state index contributed by atoms with van der Waals surface area (Å²) in [5.41, 5.74) is 1.32. The van der Waals surface area contributed by atoms with Gasteiger partial charge in [-0.3, -0.25) is 14.6 Å². The first kappa shape index (κ1) is 34.8. The maximum atomic E-state index is 14.7. The maximum absolute atomic E-state index is 14.7. The lowest BCUT2D eigenvalue weighted by atomic mass is 9.93. The molecule has 4 aromatic rings. The monoisotopic (exact) mass is 656 g/mol. The van der Waals surface area contributed by atoms with Crippen molar-refractivity contribution in [2.24, 2.45) is 5.73 Å². The number of halogens is 4. The number of aliphatic hydroxyl groups is 2. The maximum Gasteiger partial charge on any atom is 0.424 e. The summed E-state index contributed by atoms with van der Waals surface area (Å²) in [5, 5.41) is 23.0. The van der Waals surface area contributed by atoms with E-state index in [-0.39, 0.29) is 47.1 Å². The van der Waals surface area contributed by atoms with Crippen LogP contribution >= 0.6 is 0 Å². The Bertz CT molecular complexity index is 1720. The molecule has 2 amide bonds. The van der Waals surface area contributed by atoms with Crippen LogP contribution in [0.1, 0.15) is 35.5 Å². The second-order valence-electron chi connectivity index (χ2n) is 10.6. The number of primary amides is 1. The van der Waals surface area contributed by atoms with Crippen molar-refractivity contribution in [1.82, 2.24) is 15.3 Å². The van der Waals surface area contributed by atoms with Crippen LogP contribution in [0.5, 0.6) is 11.5 Å². The Morgan fingerprint density at radius 1 is 1.04 bits per heavy atom. The smallest absolute Gasteiger partial charge is 0.424 e. The van der Waals surface area contributed by atoms with Crippen molar-refractivity contribution in [3.05, 3.63) is 95.7 Å². The van der Waals surface area contributed by atoms with Crippen LogP contribution in [0.3, 0.4) is 0 Å². The predicted octanol–water partition coefficient (Wildman–Crippen LogP) is 4.32. The van der Waals surface area contributed by atoms with E-state index in [0.29, 0.717) is 11.1 Å². The zero-order chi connectivity index (χ0) is 34.4. The Balaban J connectivity index is 1.75. The van der Waals surface area contributed by atoms with Gasteiger partial charge in [0.1, 0.15) is 29.6 Å². The minimum Gasteiger partial charge on any atom is -0.491 e. The summed E-state index contributed by atoms with van der Waals surface area (Å²) in [7, 11) is 0. The van der Waals surface area contributed by atoms with E-state index in [1.165, 1.54) is 49.6 Å². The predicted molar refractivity (Wildman–Crippen MR) is 163 cm³/mol. The summed E-state index contributed by atoms with van der Waals surface area (Å²) in [5.74, 6) is -2.28. The number of hydrogen-bond donors (Lipinski definition) is 4. The van der Waals surface area contributed by atoms with Crippen molar-refractivity contribution in [3.63, 3.8) is 0 Å². The molecule has 2 aromatic carbocycles. The fourth-order valence-electron chi connectivity index (χ4n) is 4.63. The van der Waals surface area contributed by atoms with Crippen LogP contribution in [0.4, 0.5) is 17.6 Å². The van der Waals surface area contributed by atoms with Crippen LogP contribution in [0.25, 0.3) is 22.4 Å². The number of aromatic nitrogens is 2. The molecule has 0 unspecified atom stereocenters. The SMILES string of the molecule is CCOc1c(CC(N)=O)cc([C@@](O)(CNC(=O)c2ccc(OC[C@@H](C)O)c(-c3cccnc3)c2)C(F)(F)F)nc1-c1ccc(F)cc1. The third kappa shape index (κ3) is 8.20. The third-order valence-electron chi connectivity index (χ3n) is 6.91. The zero-order valence-corrected chi connectivity index (χ0v) is 25.3. The van der Waals surface area contributed by atoms with Gasteiger partial charge in [0.05, 0.1) is 31.4 Å². The van der Waals surface area contributed by atoms with Crippen molar-refractivity contribution in [2.45, 2.75) is 38.1 Å². The third-order valence-corrected chi connectivity index (χ3v) is 6.91. The van der Waals surface area contributed by atoms with Gasteiger partial charge in [-0.1, -0.05) is 6.07 Å². The normalized spacial score (nSPS) is 13.4. The summed E-state index contributed by atoms with van der Waals surface area (Å²) in [6.45, 7) is 1.71. The van der Waals surface area contributed by atoms with Crippen LogP contribution in [-0.2, 0) is 16.8 Å². The Morgan fingerprint density at radius 3 is 2.36 bits per heavy atom. The molecule has 0 aliphatic carbocycles. The van der Waals surface area contributed by atoms with E-state index in [2.05, 4.69) is 15.3 Å². The number of aliphatic hydroxyl groups excluding tert-OH is 1. The summed E-state index contributed by atoms with van der Waals surface area (Å²) in [6, 6.07) is 12.9. The average molecular weight is 657 g/mol. The van der Waals surface area contributed by atoms with Crippen molar-refractivity contribution in [3.8, 4) is 33.9 Å². The molecule has 2 atom stereocenters. The fraction of sp³-hybridized carbons (Fsp3) is 0.273. The van der Waals surface area contributed by atoms with E-state index >= 15 is 0 Å². The summed E-state index contributed by atoms with van der Waals surface area (Å²) < 4.78 is 69.1. The summed E-state index contributed by atoms with van der Waals surface area (Å²) in [4.78, 5) is 33.3. The van der Waals surface area contributed by atoms with E-state index in [9.17, 15) is 37.4 Å². The highest BCUT2D eigenvalue weighted by atomic mass is 19.4. The second-order valence-corrected chi connectivity index (χ2v) is 10.6. The van der Waals surface area contributed by atoms with Gasteiger partial charge in [0.2, 0.25) is 11.5 Å². The van der Waals surface area contributed by atoms with Crippen LogP contribution in [0.15, 0.2) is 73.1 Å². The number of nitrogens with zero attached hydrogens (tertiary/aromatic N) is 2. The molecule has 2 aromatic heterocycles. The lowest BCUT2D eigenvalue weighted by Gasteiger charge is -2.31. The molecule has 0 bridgehead atoms. The van der Waals surface area contributed by atoms with Crippen LogP contribution in [-0.4, -0.2) is 64.0 Å².